The summed E-state index contributed by atoms with van der Waals surface area (Å²) in [6.07, 6.45) is 0.215. The summed E-state index contributed by atoms with van der Waals surface area (Å²) >= 11 is 0. The van der Waals surface area contributed by atoms with E-state index in [0.29, 0.717) is 0 Å². The van der Waals surface area contributed by atoms with Crippen LogP contribution in [0.15, 0.2) is 0 Å². The summed E-state index contributed by atoms with van der Waals surface area (Å²) < 4.78 is 0. The van der Waals surface area contributed by atoms with E-state index >= 15 is 0 Å². The minimum absolute atomic E-state index is 0.215. The molecule has 1 rings (SSSR count). The molecule has 0 aromatic rings. The number of hydrogen-bond donors (Lipinski definition) is 1. The number of nitrogens with one attached hydrogen (secondary N) is 1. The number of imide groups is 1. The fourth-order valence-corrected chi connectivity index (χ4v) is 1.39. The number of carbonyl (C=O) groups excluding carboxylic acids is 2. The van der Waals surface area contributed by atoms with Gasteiger partial charge >= 0.3 is 0 Å². The highest BCUT2D eigenvalue weighted by Gasteiger charge is 2.30. The number of hydrogen-bond acceptors (Lipinski definition) is 3. The molecule has 1 saturated heterocycles. The molecule has 0 bridgehead atoms. The molecule has 9 heavy (non-hydrogen) atoms. The van der Waals surface area contributed by atoms with Crippen LogP contribution in [-0.4, -0.2) is 17.1 Å². The summed E-state index contributed by atoms with van der Waals surface area (Å²) in [5.41, 5.74) is 0. The van der Waals surface area contributed by atoms with Gasteiger partial charge in [-0.25, -0.2) is 0 Å². The Bertz CT molecular complexity index is 161. The fraction of sp³-hybridized carbons (Fsp3) is 0.500. The van der Waals surface area contributed by atoms with E-state index in [1.165, 1.54) is 0 Å². The molecular formula is C4H4ClNO2S. The Labute approximate surface area is 60.6 Å². The molecule has 1 atom stereocenters. The van der Waals surface area contributed by atoms with E-state index in [1.807, 2.05) is 0 Å². The number of amides is 2. The van der Waals surface area contributed by atoms with Gasteiger partial charge in [-0.15, -0.1) is 0 Å². The molecule has 0 aromatic carbocycles. The van der Waals surface area contributed by atoms with Crippen LogP contribution in [0.2, 0.25) is 0 Å². The molecule has 50 valence electrons. The lowest BCUT2D eigenvalue weighted by Crippen LogP contribution is -2.22. The van der Waals surface area contributed by atoms with Crippen molar-refractivity contribution in [1.29, 1.82) is 0 Å². The summed E-state index contributed by atoms with van der Waals surface area (Å²) in [7, 11) is 6.16. The molecule has 1 aliphatic heterocycles. The monoisotopic (exact) mass is 165 g/mol. The van der Waals surface area contributed by atoms with Gasteiger partial charge in [-0.1, -0.05) is 0 Å². The maximum Gasteiger partial charge on any atom is 0.241 e. The summed E-state index contributed by atoms with van der Waals surface area (Å²) in [5, 5.41) is 1.76. The van der Waals surface area contributed by atoms with Gasteiger partial charge in [0.15, 0.2) is 0 Å². The van der Waals surface area contributed by atoms with Crippen LogP contribution >= 0.6 is 21.7 Å². The van der Waals surface area contributed by atoms with E-state index < -0.39 is 0 Å². The van der Waals surface area contributed by atoms with Crippen molar-refractivity contribution >= 4 is 33.5 Å². The first kappa shape index (κ1) is 6.89. The minimum Gasteiger partial charge on any atom is -0.295 e. The van der Waals surface area contributed by atoms with Gasteiger partial charge in [0.1, 0.15) is 5.25 Å². The van der Waals surface area contributed by atoms with Gasteiger partial charge in [0.25, 0.3) is 0 Å². The maximum atomic E-state index is 10.6. The molecule has 0 saturated carbocycles. The lowest BCUT2D eigenvalue weighted by atomic mass is 10.4. The number of halogens is 1. The quantitative estimate of drug-likeness (QED) is 0.568. The Hall–Kier alpha value is -0.220. The van der Waals surface area contributed by atoms with Crippen LogP contribution in [0.5, 0.6) is 0 Å². The smallest absolute Gasteiger partial charge is 0.241 e. The zero-order valence-corrected chi connectivity index (χ0v) is 5.96. The molecule has 1 fully saturated rings. The predicted octanol–water partition coefficient (Wildman–Crippen LogP) is 0.288. The number of rotatable bonds is 1. The largest absolute Gasteiger partial charge is 0.295 e. The van der Waals surface area contributed by atoms with Crippen LogP contribution < -0.4 is 5.32 Å². The lowest BCUT2D eigenvalue weighted by Gasteiger charge is -1.93. The van der Waals surface area contributed by atoms with Crippen molar-refractivity contribution < 1.29 is 9.59 Å². The van der Waals surface area contributed by atoms with E-state index in [-0.39, 0.29) is 23.5 Å². The topological polar surface area (TPSA) is 46.2 Å². The second-order valence-electron chi connectivity index (χ2n) is 1.69. The van der Waals surface area contributed by atoms with Gasteiger partial charge < -0.3 is 0 Å². The molecule has 2 amide bonds. The molecule has 0 radical (unpaired) electrons. The van der Waals surface area contributed by atoms with E-state index in [4.69, 9.17) is 10.7 Å². The standard InChI is InChI=1S/C4H4ClNO2S/c5-9-2-1-3(7)6-4(2)8/h2H,1H2,(H,6,7,8). The average molecular weight is 166 g/mol. The van der Waals surface area contributed by atoms with Crippen LogP contribution in [0, 0.1) is 0 Å². The Morgan fingerprint density at radius 3 is 2.56 bits per heavy atom. The van der Waals surface area contributed by atoms with E-state index in [1.54, 1.807) is 0 Å². The first-order chi connectivity index (χ1) is 4.24. The summed E-state index contributed by atoms with van der Waals surface area (Å²) in [6.45, 7) is 0. The van der Waals surface area contributed by atoms with Gasteiger partial charge in [0.05, 0.1) is 0 Å². The molecular weight excluding hydrogens is 162 g/mol. The Kier molecular flexibility index (Phi) is 1.97. The Morgan fingerprint density at radius 1 is 1.67 bits per heavy atom. The zero-order chi connectivity index (χ0) is 6.85. The fourth-order valence-electron chi connectivity index (χ4n) is 0.602. The second-order valence-corrected chi connectivity index (χ2v) is 2.98. The van der Waals surface area contributed by atoms with Crippen LogP contribution in [0.1, 0.15) is 6.42 Å². The van der Waals surface area contributed by atoms with Crippen molar-refractivity contribution in [2.24, 2.45) is 0 Å². The van der Waals surface area contributed by atoms with Crippen molar-refractivity contribution in [1.82, 2.24) is 5.32 Å². The van der Waals surface area contributed by atoms with Gasteiger partial charge in [-0.2, -0.15) is 0 Å². The van der Waals surface area contributed by atoms with Crippen LogP contribution in [0.4, 0.5) is 0 Å². The Balaban J connectivity index is 2.58. The van der Waals surface area contributed by atoms with Gasteiger partial charge in [0, 0.05) is 6.42 Å². The van der Waals surface area contributed by atoms with Gasteiger partial charge in [-0.05, 0) is 21.7 Å². The van der Waals surface area contributed by atoms with E-state index in [9.17, 15) is 9.59 Å². The second kappa shape index (κ2) is 2.58. The predicted molar refractivity (Wildman–Crippen MR) is 35.0 cm³/mol. The lowest BCUT2D eigenvalue weighted by molar-refractivity contribution is -0.124. The third-order valence-corrected chi connectivity index (χ3v) is 2.27. The van der Waals surface area contributed by atoms with Crippen molar-refractivity contribution in [2.45, 2.75) is 11.7 Å². The van der Waals surface area contributed by atoms with Gasteiger partial charge in [-0.3, -0.25) is 14.9 Å². The molecule has 5 heteroatoms. The summed E-state index contributed by atoms with van der Waals surface area (Å²) in [4.78, 5) is 21.0. The highest BCUT2D eigenvalue weighted by molar-refractivity contribution is 8.22. The SMILES string of the molecule is O=C1CC(SCl)C(=O)N1. The molecule has 0 aliphatic carbocycles. The molecule has 0 spiro atoms. The minimum atomic E-state index is -0.376. The average Bonchev–Trinajstić information content (AvgIpc) is 2.10. The molecule has 1 aliphatic rings. The maximum absolute atomic E-state index is 10.6. The Morgan fingerprint density at radius 2 is 2.33 bits per heavy atom. The normalized spacial score (nSPS) is 26.6. The summed E-state index contributed by atoms with van der Waals surface area (Å²) in [5.74, 6) is -0.516. The molecule has 1 heterocycles. The molecule has 1 N–H and O–H groups in total. The van der Waals surface area contributed by atoms with Crippen LogP contribution in [0.25, 0.3) is 0 Å². The molecule has 0 aromatic heterocycles. The summed E-state index contributed by atoms with van der Waals surface area (Å²) in [6, 6.07) is 0. The first-order valence-electron chi connectivity index (χ1n) is 2.35. The highest BCUT2D eigenvalue weighted by atomic mass is 35.7. The molecule has 3 nitrogen and oxygen atoms in total. The van der Waals surface area contributed by atoms with E-state index in [2.05, 4.69) is 5.32 Å². The van der Waals surface area contributed by atoms with Crippen molar-refractivity contribution in [3.63, 3.8) is 0 Å². The van der Waals surface area contributed by atoms with Crippen molar-refractivity contribution in [3.05, 3.63) is 0 Å². The van der Waals surface area contributed by atoms with Crippen molar-refractivity contribution in [2.75, 3.05) is 0 Å². The van der Waals surface area contributed by atoms with Crippen LogP contribution in [0.3, 0.4) is 0 Å². The number of carbonyl (C=O) groups is 2. The van der Waals surface area contributed by atoms with Gasteiger partial charge in [0.2, 0.25) is 11.8 Å². The first-order valence-corrected chi connectivity index (χ1v) is 4.05. The third kappa shape index (κ3) is 1.37. The highest BCUT2D eigenvalue weighted by Crippen LogP contribution is 2.22. The van der Waals surface area contributed by atoms with Crippen molar-refractivity contribution in [3.8, 4) is 0 Å². The zero-order valence-electron chi connectivity index (χ0n) is 4.39. The van der Waals surface area contributed by atoms with E-state index in [0.717, 1.165) is 11.0 Å². The van der Waals surface area contributed by atoms with Crippen LogP contribution in [-0.2, 0) is 9.59 Å². The molecule has 1 unspecified atom stereocenters. The third-order valence-electron chi connectivity index (χ3n) is 1.03.